The Labute approximate surface area is 87.4 Å². The third kappa shape index (κ3) is 2.21. The summed E-state index contributed by atoms with van der Waals surface area (Å²) in [6.07, 6.45) is 1.41. The molecule has 0 aliphatic heterocycles. The van der Waals surface area contributed by atoms with Crippen LogP contribution in [0.2, 0.25) is 0 Å². The molecular weight excluding hydrogens is 197 g/mol. The maximum Gasteiger partial charge on any atom is 0.280 e. The Bertz CT molecular complexity index is 390. The molecule has 1 unspecified atom stereocenters. The SMILES string of the molecule is C=Cc1cccc(C(C)CF)c1[N+](=O)[O-]. The summed E-state index contributed by atoms with van der Waals surface area (Å²) in [5, 5.41) is 10.9. The van der Waals surface area contributed by atoms with Gasteiger partial charge in [-0.2, -0.15) is 0 Å². The Kier molecular flexibility index (Phi) is 3.55. The van der Waals surface area contributed by atoms with E-state index in [0.717, 1.165) is 0 Å². The Morgan fingerprint density at radius 3 is 2.80 bits per heavy atom. The minimum Gasteiger partial charge on any atom is -0.258 e. The van der Waals surface area contributed by atoms with Crippen molar-refractivity contribution in [1.82, 2.24) is 0 Å². The zero-order valence-electron chi connectivity index (χ0n) is 8.44. The van der Waals surface area contributed by atoms with E-state index in [1.807, 2.05) is 0 Å². The molecule has 3 nitrogen and oxygen atoms in total. The quantitative estimate of drug-likeness (QED) is 0.564. The van der Waals surface area contributed by atoms with Gasteiger partial charge >= 0.3 is 0 Å². The van der Waals surface area contributed by atoms with Crippen LogP contribution in [0.5, 0.6) is 0 Å². The second kappa shape index (κ2) is 4.68. The number of benzene rings is 1. The van der Waals surface area contributed by atoms with E-state index in [1.54, 1.807) is 25.1 Å². The molecule has 0 aliphatic rings. The fourth-order valence-corrected chi connectivity index (χ4v) is 1.44. The van der Waals surface area contributed by atoms with Gasteiger partial charge in [0.25, 0.3) is 5.69 Å². The normalized spacial score (nSPS) is 12.1. The van der Waals surface area contributed by atoms with E-state index < -0.39 is 17.5 Å². The molecule has 0 saturated carbocycles. The highest BCUT2D eigenvalue weighted by Crippen LogP contribution is 2.30. The molecule has 1 aromatic rings. The summed E-state index contributed by atoms with van der Waals surface area (Å²) < 4.78 is 12.5. The van der Waals surface area contributed by atoms with Crippen LogP contribution < -0.4 is 0 Å². The Balaban J connectivity index is 3.37. The number of alkyl halides is 1. The van der Waals surface area contributed by atoms with E-state index in [-0.39, 0.29) is 5.69 Å². The second-order valence-electron chi connectivity index (χ2n) is 3.30. The number of para-hydroxylation sites is 1. The second-order valence-corrected chi connectivity index (χ2v) is 3.30. The molecule has 1 aromatic carbocycles. The van der Waals surface area contributed by atoms with E-state index in [9.17, 15) is 14.5 Å². The first-order chi connectivity index (χ1) is 7.11. The van der Waals surface area contributed by atoms with Crippen molar-refractivity contribution >= 4 is 11.8 Å². The van der Waals surface area contributed by atoms with Crippen molar-refractivity contribution in [3.05, 3.63) is 46.0 Å². The zero-order valence-corrected chi connectivity index (χ0v) is 8.44. The van der Waals surface area contributed by atoms with E-state index in [0.29, 0.717) is 11.1 Å². The van der Waals surface area contributed by atoms with Crippen molar-refractivity contribution in [2.45, 2.75) is 12.8 Å². The molecular formula is C11H12FNO2. The van der Waals surface area contributed by atoms with Gasteiger partial charge in [0.15, 0.2) is 0 Å². The van der Waals surface area contributed by atoms with Crippen molar-refractivity contribution in [2.75, 3.05) is 6.67 Å². The molecule has 4 heteroatoms. The van der Waals surface area contributed by atoms with Crippen LogP contribution in [0.3, 0.4) is 0 Å². The number of nitro benzene ring substituents is 1. The summed E-state index contributed by atoms with van der Waals surface area (Å²) in [7, 11) is 0. The van der Waals surface area contributed by atoms with Crippen LogP contribution in [-0.4, -0.2) is 11.6 Å². The van der Waals surface area contributed by atoms with Gasteiger partial charge in [0.05, 0.1) is 17.2 Å². The molecule has 0 saturated heterocycles. The maximum absolute atomic E-state index is 12.5. The summed E-state index contributed by atoms with van der Waals surface area (Å²) in [6, 6.07) is 4.85. The smallest absolute Gasteiger partial charge is 0.258 e. The minimum absolute atomic E-state index is 0.0438. The van der Waals surface area contributed by atoms with Gasteiger partial charge in [-0.15, -0.1) is 0 Å². The number of halogens is 1. The van der Waals surface area contributed by atoms with Crippen LogP contribution >= 0.6 is 0 Å². The average molecular weight is 209 g/mol. The zero-order chi connectivity index (χ0) is 11.4. The molecule has 0 bridgehead atoms. The molecule has 0 spiro atoms. The Hall–Kier alpha value is -1.71. The molecule has 0 heterocycles. The lowest BCUT2D eigenvalue weighted by atomic mass is 9.97. The van der Waals surface area contributed by atoms with Crippen molar-refractivity contribution in [2.24, 2.45) is 0 Å². The maximum atomic E-state index is 12.5. The van der Waals surface area contributed by atoms with Gasteiger partial charge in [-0.25, -0.2) is 0 Å². The molecule has 1 atom stereocenters. The van der Waals surface area contributed by atoms with Crippen molar-refractivity contribution in [1.29, 1.82) is 0 Å². The van der Waals surface area contributed by atoms with E-state index in [2.05, 4.69) is 6.58 Å². The third-order valence-corrected chi connectivity index (χ3v) is 2.26. The summed E-state index contributed by atoms with van der Waals surface area (Å²) in [4.78, 5) is 10.4. The largest absolute Gasteiger partial charge is 0.280 e. The molecule has 0 aromatic heterocycles. The third-order valence-electron chi connectivity index (χ3n) is 2.26. The first-order valence-electron chi connectivity index (χ1n) is 4.57. The predicted octanol–water partition coefficient (Wildman–Crippen LogP) is 3.31. The van der Waals surface area contributed by atoms with Crippen molar-refractivity contribution in [3.8, 4) is 0 Å². The van der Waals surface area contributed by atoms with Crippen LogP contribution in [0, 0.1) is 10.1 Å². The molecule has 0 aliphatic carbocycles. The molecule has 0 radical (unpaired) electrons. The molecule has 0 amide bonds. The number of nitrogens with zero attached hydrogens (tertiary/aromatic N) is 1. The predicted molar refractivity (Wildman–Crippen MR) is 57.6 cm³/mol. The molecule has 15 heavy (non-hydrogen) atoms. The van der Waals surface area contributed by atoms with Crippen LogP contribution in [0.4, 0.5) is 10.1 Å². The summed E-state index contributed by atoms with van der Waals surface area (Å²) in [6.45, 7) is 4.51. The highest BCUT2D eigenvalue weighted by atomic mass is 19.1. The van der Waals surface area contributed by atoms with Crippen molar-refractivity contribution < 1.29 is 9.31 Å². The number of rotatable bonds is 4. The Morgan fingerprint density at radius 1 is 1.67 bits per heavy atom. The van der Waals surface area contributed by atoms with Gasteiger partial charge in [0.2, 0.25) is 0 Å². The van der Waals surface area contributed by atoms with Gasteiger partial charge in [0, 0.05) is 11.5 Å². The lowest BCUT2D eigenvalue weighted by molar-refractivity contribution is -0.385. The fraction of sp³-hybridized carbons (Fsp3) is 0.273. The summed E-state index contributed by atoms with van der Waals surface area (Å²) in [5.41, 5.74) is 0.801. The van der Waals surface area contributed by atoms with E-state index in [4.69, 9.17) is 0 Å². The lowest BCUT2D eigenvalue weighted by Gasteiger charge is -2.09. The summed E-state index contributed by atoms with van der Waals surface area (Å²) in [5.74, 6) is -0.467. The molecule has 1 rings (SSSR count). The molecule has 80 valence electrons. The van der Waals surface area contributed by atoms with Gasteiger partial charge in [-0.05, 0) is 6.07 Å². The first-order valence-corrected chi connectivity index (χ1v) is 4.57. The van der Waals surface area contributed by atoms with Gasteiger partial charge < -0.3 is 0 Å². The molecule has 0 N–H and O–H groups in total. The van der Waals surface area contributed by atoms with Crippen LogP contribution in [-0.2, 0) is 0 Å². The first kappa shape index (κ1) is 11.4. The average Bonchev–Trinajstić information content (AvgIpc) is 2.26. The van der Waals surface area contributed by atoms with Crippen molar-refractivity contribution in [3.63, 3.8) is 0 Å². The van der Waals surface area contributed by atoms with E-state index >= 15 is 0 Å². The standard InChI is InChI=1S/C11H12FNO2/c1-3-9-5-4-6-10(8(2)7-12)11(9)13(14)15/h3-6,8H,1,7H2,2H3. The van der Waals surface area contributed by atoms with Crippen LogP contribution in [0.25, 0.3) is 6.08 Å². The fourth-order valence-electron chi connectivity index (χ4n) is 1.44. The number of nitro groups is 1. The van der Waals surface area contributed by atoms with Gasteiger partial charge in [-0.1, -0.05) is 31.7 Å². The van der Waals surface area contributed by atoms with Crippen LogP contribution in [0.15, 0.2) is 24.8 Å². The lowest BCUT2D eigenvalue weighted by Crippen LogP contribution is -2.03. The molecule has 0 fully saturated rings. The highest BCUT2D eigenvalue weighted by molar-refractivity contribution is 5.63. The monoisotopic (exact) mass is 209 g/mol. The topological polar surface area (TPSA) is 43.1 Å². The highest BCUT2D eigenvalue weighted by Gasteiger charge is 2.21. The number of hydrogen-bond donors (Lipinski definition) is 0. The summed E-state index contributed by atoms with van der Waals surface area (Å²) >= 11 is 0. The van der Waals surface area contributed by atoms with Gasteiger partial charge in [0.1, 0.15) is 0 Å². The van der Waals surface area contributed by atoms with Crippen LogP contribution in [0.1, 0.15) is 24.0 Å². The van der Waals surface area contributed by atoms with E-state index in [1.165, 1.54) is 6.08 Å². The number of hydrogen-bond acceptors (Lipinski definition) is 2. The minimum atomic E-state index is -0.610. The van der Waals surface area contributed by atoms with Gasteiger partial charge in [-0.3, -0.25) is 14.5 Å². The Morgan fingerprint density at radius 2 is 2.33 bits per heavy atom.